The van der Waals surface area contributed by atoms with Crippen LogP contribution in [0, 0.1) is 0 Å². The molecule has 92 valence electrons. The Morgan fingerprint density at radius 2 is 2.00 bits per heavy atom. The van der Waals surface area contributed by atoms with Crippen molar-refractivity contribution in [3.8, 4) is 0 Å². The smallest absolute Gasteiger partial charge is 0.250 e. The molecule has 1 aliphatic heterocycles. The fraction of sp³-hybridized carbons (Fsp3) is 0.417. The van der Waals surface area contributed by atoms with Crippen molar-refractivity contribution in [2.24, 2.45) is 0 Å². The molecule has 0 radical (unpaired) electrons. The second kappa shape index (κ2) is 5.77. The number of ether oxygens (including phenoxy) is 3. The lowest BCUT2D eigenvalue weighted by molar-refractivity contribution is -0.119. The molecule has 1 fully saturated rings. The summed E-state index contributed by atoms with van der Waals surface area (Å²) in [4.78, 5) is 11.3. The van der Waals surface area contributed by atoms with Crippen LogP contribution in [0.25, 0.3) is 0 Å². The molecule has 0 atom stereocenters. The third-order valence-corrected chi connectivity index (χ3v) is 2.36. The molecule has 0 aliphatic carbocycles. The Balaban J connectivity index is 1.95. The predicted molar refractivity (Wildman–Crippen MR) is 61.6 cm³/mol. The average molecular weight is 237 g/mol. The number of hydrogen-bond donors (Lipinski definition) is 1. The van der Waals surface area contributed by atoms with E-state index in [-0.39, 0.29) is 18.8 Å². The lowest BCUT2D eigenvalue weighted by Gasteiger charge is -2.10. The minimum absolute atomic E-state index is 0.0522. The van der Waals surface area contributed by atoms with E-state index in [0.29, 0.717) is 13.2 Å². The van der Waals surface area contributed by atoms with Crippen molar-refractivity contribution in [2.45, 2.75) is 6.29 Å². The summed E-state index contributed by atoms with van der Waals surface area (Å²) >= 11 is 0. The van der Waals surface area contributed by atoms with Gasteiger partial charge in [-0.1, -0.05) is 12.1 Å². The van der Waals surface area contributed by atoms with Gasteiger partial charge in [0.15, 0.2) is 6.29 Å². The van der Waals surface area contributed by atoms with Gasteiger partial charge in [-0.05, 0) is 12.1 Å². The third kappa shape index (κ3) is 3.26. The summed E-state index contributed by atoms with van der Waals surface area (Å²) in [6, 6.07) is 7.37. The van der Waals surface area contributed by atoms with E-state index in [1.54, 1.807) is 0 Å². The largest absolute Gasteiger partial charge is 0.375 e. The summed E-state index contributed by atoms with van der Waals surface area (Å²) in [6.07, 6.45) is -0.279. The van der Waals surface area contributed by atoms with Crippen molar-refractivity contribution < 1.29 is 19.0 Å². The first kappa shape index (κ1) is 12.0. The van der Waals surface area contributed by atoms with Crippen LogP contribution in [-0.2, 0) is 19.0 Å². The SMILES string of the molecule is COCC(=O)Nc1ccc(C2OCCO2)cc1. The van der Waals surface area contributed by atoms with Gasteiger partial charge < -0.3 is 19.5 Å². The highest BCUT2D eigenvalue weighted by molar-refractivity contribution is 5.91. The second-order valence-corrected chi connectivity index (χ2v) is 3.68. The lowest BCUT2D eigenvalue weighted by atomic mass is 10.2. The number of nitrogens with one attached hydrogen (secondary N) is 1. The van der Waals surface area contributed by atoms with Crippen molar-refractivity contribution in [1.82, 2.24) is 0 Å². The molecule has 1 N–H and O–H groups in total. The van der Waals surface area contributed by atoms with Crippen LogP contribution in [0.2, 0.25) is 0 Å². The predicted octanol–water partition coefficient (Wildman–Crippen LogP) is 1.32. The average Bonchev–Trinajstić information content (AvgIpc) is 2.84. The van der Waals surface area contributed by atoms with Gasteiger partial charge >= 0.3 is 0 Å². The van der Waals surface area contributed by atoms with Crippen LogP contribution in [0.4, 0.5) is 5.69 Å². The molecular weight excluding hydrogens is 222 g/mol. The normalized spacial score (nSPS) is 16.1. The maximum absolute atomic E-state index is 11.3. The molecule has 1 saturated heterocycles. The maximum atomic E-state index is 11.3. The molecule has 1 aromatic rings. The topological polar surface area (TPSA) is 56.8 Å². The van der Waals surface area contributed by atoms with Gasteiger partial charge in [0.2, 0.25) is 5.91 Å². The Labute approximate surface area is 99.7 Å². The second-order valence-electron chi connectivity index (χ2n) is 3.68. The number of methoxy groups -OCH3 is 1. The number of rotatable bonds is 4. The van der Waals surface area contributed by atoms with Gasteiger partial charge in [0.05, 0.1) is 13.2 Å². The molecule has 5 heteroatoms. The van der Waals surface area contributed by atoms with Gasteiger partial charge in [-0.15, -0.1) is 0 Å². The molecule has 1 amide bonds. The molecular formula is C12H15NO4. The van der Waals surface area contributed by atoms with E-state index in [4.69, 9.17) is 14.2 Å². The zero-order valence-corrected chi connectivity index (χ0v) is 9.64. The van der Waals surface area contributed by atoms with Crippen molar-refractivity contribution in [2.75, 3.05) is 32.2 Å². The molecule has 0 bridgehead atoms. The van der Waals surface area contributed by atoms with Crippen LogP contribution >= 0.6 is 0 Å². The van der Waals surface area contributed by atoms with E-state index in [2.05, 4.69) is 5.32 Å². The summed E-state index contributed by atoms with van der Waals surface area (Å²) in [6.45, 7) is 1.30. The van der Waals surface area contributed by atoms with Crippen molar-refractivity contribution in [3.63, 3.8) is 0 Å². The van der Waals surface area contributed by atoms with E-state index in [1.807, 2.05) is 24.3 Å². The number of amides is 1. The minimum Gasteiger partial charge on any atom is -0.375 e. The molecule has 1 aliphatic rings. The molecule has 5 nitrogen and oxygen atoms in total. The zero-order valence-electron chi connectivity index (χ0n) is 9.64. The Hall–Kier alpha value is -1.43. The first-order valence-corrected chi connectivity index (χ1v) is 5.41. The van der Waals surface area contributed by atoms with E-state index in [9.17, 15) is 4.79 Å². The molecule has 2 rings (SSSR count). The summed E-state index contributed by atoms with van der Waals surface area (Å²) in [7, 11) is 1.48. The number of carbonyl (C=O) groups excluding carboxylic acids is 1. The molecule has 17 heavy (non-hydrogen) atoms. The third-order valence-electron chi connectivity index (χ3n) is 2.36. The molecule has 0 aromatic heterocycles. The van der Waals surface area contributed by atoms with Crippen LogP contribution < -0.4 is 5.32 Å². The van der Waals surface area contributed by atoms with E-state index in [1.165, 1.54) is 7.11 Å². The zero-order chi connectivity index (χ0) is 12.1. The molecule has 0 unspecified atom stereocenters. The standard InChI is InChI=1S/C12H15NO4/c1-15-8-11(14)13-10-4-2-9(3-5-10)12-16-6-7-17-12/h2-5,12H,6-8H2,1H3,(H,13,14). The van der Waals surface area contributed by atoms with E-state index >= 15 is 0 Å². The highest BCUT2D eigenvalue weighted by atomic mass is 16.7. The summed E-state index contributed by atoms with van der Waals surface area (Å²) in [5, 5.41) is 2.72. The number of anilines is 1. The highest BCUT2D eigenvalue weighted by Crippen LogP contribution is 2.24. The summed E-state index contributed by atoms with van der Waals surface area (Å²) < 4.78 is 15.5. The van der Waals surface area contributed by atoms with Crippen LogP contribution in [0.1, 0.15) is 11.9 Å². The monoisotopic (exact) mass is 237 g/mol. The van der Waals surface area contributed by atoms with Crippen molar-refractivity contribution in [3.05, 3.63) is 29.8 Å². The molecule has 0 saturated carbocycles. The van der Waals surface area contributed by atoms with Crippen LogP contribution in [0.3, 0.4) is 0 Å². The lowest BCUT2D eigenvalue weighted by Crippen LogP contribution is -2.17. The first-order chi connectivity index (χ1) is 8.29. The Kier molecular flexibility index (Phi) is 4.08. The number of benzene rings is 1. The molecule has 1 aromatic carbocycles. The quantitative estimate of drug-likeness (QED) is 0.858. The van der Waals surface area contributed by atoms with E-state index in [0.717, 1.165) is 11.3 Å². The van der Waals surface area contributed by atoms with Crippen molar-refractivity contribution >= 4 is 11.6 Å². The molecule has 1 heterocycles. The molecule has 0 spiro atoms. The Morgan fingerprint density at radius 1 is 1.35 bits per heavy atom. The Bertz CT molecular complexity index is 371. The van der Waals surface area contributed by atoms with Gasteiger partial charge in [0, 0.05) is 18.4 Å². The van der Waals surface area contributed by atoms with Crippen molar-refractivity contribution in [1.29, 1.82) is 0 Å². The fourth-order valence-corrected chi connectivity index (χ4v) is 1.60. The van der Waals surface area contributed by atoms with Crippen LogP contribution in [0.15, 0.2) is 24.3 Å². The minimum atomic E-state index is -0.279. The van der Waals surface area contributed by atoms with Gasteiger partial charge in [0.25, 0.3) is 0 Å². The Morgan fingerprint density at radius 3 is 2.59 bits per heavy atom. The van der Waals surface area contributed by atoms with Crippen LogP contribution in [-0.4, -0.2) is 32.8 Å². The maximum Gasteiger partial charge on any atom is 0.250 e. The summed E-state index contributed by atoms with van der Waals surface area (Å²) in [5.74, 6) is -0.173. The van der Waals surface area contributed by atoms with E-state index < -0.39 is 0 Å². The first-order valence-electron chi connectivity index (χ1n) is 5.41. The fourth-order valence-electron chi connectivity index (χ4n) is 1.60. The van der Waals surface area contributed by atoms with Gasteiger partial charge in [-0.25, -0.2) is 0 Å². The summed E-state index contributed by atoms with van der Waals surface area (Å²) in [5.41, 5.74) is 1.68. The number of hydrogen-bond acceptors (Lipinski definition) is 4. The number of carbonyl (C=O) groups is 1. The highest BCUT2D eigenvalue weighted by Gasteiger charge is 2.17. The van der Waals surface area contributed by atoms with Gasteiger partial charge in [0.1, 0.15) is 6.61 Å². The van der Waals surface area contributed by atoms with Gasteiger partial charge in [-0.3, -0.25) is 4.79 Å². The van der Waals surface area contributed by atoms with Gasteiger partial charge in [-0.2, -0.15) is 0 Å². The van der Waals surface area contributed by atoms with Crippen LogP contribution in [0.5, 0.6) is 0 Å².